The Morgan fingerprint density at radius 1 is 1.08 bits per heavy atom. The number of nitrogens with one attached hydrogen (secondary N) is 1. The number of aryl methyl sites for hydroxylation is 2. The molecule has 3 aromatic rings. The molecular formula is C19H18N4O. The van der Waals surface area contributed by atoms with E-state index in [1.165, 1.54) is 0 Å². The minimum absolute atomic E-state index is 0.180. The van der Waals surface area contributed by atoms with Gasteiger partial charge in [-0.25, -0.2) is 4.98 Å². The second kappa shape index (κ2) is 5.23. The lowest BCUT2D eigenvalue weighted by atomic mass is 10.2. The van der Waals surface area contributed by atoms with Crippen LogP contribution in [0.25, 0.3) is 16.6 Å². The van der Waals surface area contributed by atoms with Crippen LogP contribution in [-0.4, -0.2) is 27.0 Å². The molecule has 2 aromatic carbocycles. The van der Waals surface area contributed by atoms with Gasteiger partial charge in [0.1, 0.15) is 17.4 Å². The molecule has 2 N–H and O–H groups in total. The molecular weight excluding hydrogens is 300 g/mol. The fraction of sp³-hybridized carbons (Fsp3) is 0.158. The van der Waals surface area contributed by atoms with E-state index in [2.05, 4.69) is 4.98 Å². The maximum Gasteiger partial charge on any atom is 0.148 e. The average molecular weight is 318 g/mol. The highest BCUT2D eigenvalue weighted by atomic mass is 16.3. The standard InChI is InChI=1S/C19H18N4O/c1-12-7-9-13(10-8-12)23-11-16(24)17(18(23)20)19-21-14-5-3-4-6-15(14)22(19)2/h3-10,20,24H,11H2,1-2H3. The minimum Gasteiger partial charge on any atom is -0.509 e. The third-order valence-electron chi connectivity index (χ3n) is 4.46. The highest BCUT2D eigenvalue weighted by molar-refractivity contribution is 6.30. The van der Waals surface area contributed by atoms with Gasteiger partial charge in [-0.2, -0.15) is 0 Å². The van der Waals surface area contributed by atoms with Crippen molar-refractivity contribution in [1.82, 2.24) is 9.55 Å². The molecule has 1 aliphatic heterocycles. The molecule has 1 aromatic heterocycles. The number of hydrogen-bond donors (Lipinski definition) is 2. The number of anilines is 1. The van der Waals surface area contributed by atoms with E-state index < -0.39 is 0 Å². The first-order chi connectivity index (χ1) is 11.6. The number of imidazole rings is 1. The van der Waals surface area contributed by atoms with E-state index in [-0.39, 0.29) is 11.6 Å². The average Bonchev–Trinajstić information content (AvgIpc) is 3.05. The zero-order valence-electron chi connectivity index (χ0n) is 13.6. The van der Waals surface area contributed by atoms with Crippen LogP contribution in [0.5, 0.6) is 0 Å². The molecule has 0 fully saturated rings. The van der Waals surface area contributed by atoms with Crippen LogP contribution in [-0.2, 0) is 7.05 Å². The lowest BCUT2D eigenvalue weighted by Crippen LogP contribution is -2.26. The molecule has 24 heavy (non-hydrogen) atoms. The van der Waals surface area contributed by atoms with Crippen molar-refractivity contribution in [3.8, 4) is 0 Å². The summed E-state index contributed by atoms with van der Waals surface area (Å²) in [4.78, 5) is 6.41. The number of nitrogens with zero attached hydrogens (tertiary/aromatic N) is 3. The van der Waals surface area contributed by atoms with Crippen LogP contribution in [0.1, 0.15) is 11.4 Å². The molecule has 5 heteroatoms. The smallest absolute Gasteiger partial charge is 0.148 e. The van der Waals surface area contributed by atoms with E-state index in [0.717, 1.165) is 22.3 Å². The highest BCUT2D eigenvalue weighted by Gasteiger charge is 2.32. The molecule has 5 nitrogen and oxygen atoms in total. The number of fused-ring (bicyclic) bond motifs is 1. The molecule has 0 atom stereocenters. The third kappa shape index (κ3) is 2.09. The van der Waals surface area contributed by atoms with Crippen LogP contribution in [0.3, 0.4) is 0 Å². The molecule has 0 spiro atoms. The third-order valence-corrected chi connectivity index (χ3v) is 4.46. The Morgan fingerprint density at radius 3 is 2.50 bits per heavy atom. The number of para-hydroxylation sites is 2. The number of benzene rings is 2. The van der Waals surface area contributed by atoms with E-state index in [1.54, 1.807) is 4.90 Å². The first-order valence-corrected chi connectivity index (χ1v) is 7.83. The topological polar surface area (TPSA) is 65.1 Å². The second-order valence-corrected chi connectivity index (χ2v) is 6.08. The van der Waals surface area contributed by atoms with E-state index in [1.807, 2.05) is 67.1 Å². The molecule has 0 unspecified atom stereocenters. The van der Waals surface area contributed by atoms with Gasteiger partial charge in [0, 0.05) is 12.7 Å². The SMILES string of the molecule is Cc1ccc(N2CC(O)=C(c3nc4ccccc4n3C)C2=N)cc1. The Labute approximate surface area is 140 Å². The summed E-state index contributed by atoms with van der Waals surface area (Å²) in [6.07, 6.45) is 0. The minimum atomic E-state index is 0.180. The van der Waals surface area contributed by atoms with Gasteiger partial charge in [0.05, 0.1) is 23.2 Å². The van der Waals surface area contributed by atoms with Crippen molar-refractivity contribution < 1.29 is 5.11 Å². The van der Waals surface area contributed by atoms with Crippen molar-refractivity contribution in [2.75, 3.05) is 11.4 Å². The van der Waals surface area contributed by atoms with Crippen LogP contribution >= 0.6 is 0 Å². The summed E-state index contributed by atoms with van der Waals surface area (Å²) in [7, 11) is 1.91. The van der Waals surface area contributed by atoms with Gasteiger partial charge in [0.15, 0.2) is 0 Å². The molecule has 0 saturated heterocycles. The fourth-order valence-corrected chi connectivity index (χ4v) is 3.13. The molecule has 0 aliphatic carbocycles. The number of aromatic nitrogens is 2. The summed E-state index contributed by atoms with van der Waals surface area (Å²) in [6, 6.07) is 15.8. The molecule has 4 rings (SSSR count). The van der Waals surface area contributed by atoms with Gasteiger partial charge in [-0.1, -0.05) is 29.8 Å². The zero-order valence-corrected chi connectivity index (χ0v) is 13.6. The summed E-state index contributed by atoms with van der Waals surface area (Å²) in [5.74, 6) is 1.07. The highest BCUT2D eigenvalue weighted by Crippen LogP contribution is 2.32. The van der Waals surface area contributed by atoms with Crippen LogP contribution in [0.4, 0.5) is 5.69 Å². The Balaban J connectivity index is 1.77. The van der Waals surface area contributed by atoms with E-state index in [0.29, 0.717) is 17.9 Å². The van der Waals surface area contributed by atoms with Crippen molar-refractivity contribution >= 4 is 28.1 Å². The van der Waals surface area contributed by atoms with Gasteiger partial charge in [-0.15, -0.1) is 0 Å². The molecule has 120 valence electrons. The van der Waals surface area contributed by atoms with Crippen molar-refractivity contribution in [1.29, 1.82) is 5.41 Å². The second-order valence-electron chi connectivity index (χ2n) is 6.08. The van der Waals surface area contributed by atoms with Gasteiger partial charge in [0.25, 0.3) is 0 Å². The van der Waals surface area contributed by atoms with E-state index in [4.69, 9.17) is 5.41 Å². The lowest BCUT2D eigenvalue weighted by Gasteiger charge is -2.19. The largest absolute Gasteiger partial charge is 0.509 e. The van der Waals surface area contributed by atoms with Gasteiger partial charge < -0.3 is 14.6 Å². The fourth-order valence-electron chi connectivity index (χ4n) is 3.13. The first-order valence-electron chi connectivity index (χ1n) is 7.83. The maximum absolute atomic E-state index is 10.5. The monoisotopic (exact) mass is 318 g/mol. The Hall–Kier alpha value is -3.08. The van der Waals surface area contributed by atoms with Crippen LogP contribution in [0.15, 0.2) is 54.3 Å². The van der Waals surface area contributed by atoms with E-state index >= 15 is 0 Å². The van der Waals surface area contributed by atoms with Crippen molar-refractivity contribution in [3.05, 3.63) is 65.7 Å². The summed E-state index contributed by atoms with van der Waals surface area (Å²) in [5, 5.41) is 19.0. The Morgan fingerprint density at radius 2 is 1.79 bits per heavy atom. The van der Waals surface area contributed by atoms with Gasteiger partial charge in [-0.3, -0.25) is 5.41 Å². The lowest BCUT2D eigenvalue weighted by molar-refractivity contribution is 0.411. The molecule has 0 saturated carbocycles. The number of rotatable bonds is 2. The normalized spacial score (nSPS) is 14.9. The van der Waals surface area contributed by atoms with Crippen molar-refractivity contribution in [2.45, 2.75) is 6.92 Å². The predicted molar refractivity (Wildman–Crippen MR) is 96.5 cm³/mol. The number of aliphatic hydroxyl groups excluding tert-OH is 1. The number of hydrogen-bond acceptors (Lipinski definition) is 3. The zero-order chi connectivity index (χ0) is 16.8. The maximum atomic E-state index is 10.5. The summed E-state index contributed by atoms with van der Waals surface area (Å²) < 4.78 is 1.92. The van der Waals surface area contributed by atoms with Gasteiger partial charge in [-0.05, 0) is 31.2 Å². The molecule has 0 bridgehead atoms. The number of aliphatic hydroxyl groups is 1. The molecule has 0 radical (unpaired) electrons. The predicted octanol–water partition coefficient (Wildman–Crippen LogP) is 3.65. The summed E-state index contributed by atoms with van der Waals surface area (Å²) in [6.45, 7) is 2.32. The summed E-state index contributed by atoms with van der Waals surface area (Å²) >= 11 is 0. The molecule has 0 amide bonds. The van der Waals surface area contributed by atoms with Crippen LogP contribution in [0.2, 0.25) is 0 Å². The number of amidine groups is 1. The molecule has 1 aliphatic rings. The van der Waals surface area contributed by atoms with Crippen LogP contribution < -0.4 is 4.90 Å². The van der Waals surface area contributed by atoms with Gasteiger partial charge >= 0.3 is 0 Å². The summed E-state index contributed by atoms with van der Waals surface area (Å²) in [5.41, 5.74) is 4.39. The van der Waals surface area contributed by atoms with Crippen molar-refractivity contribution in [2.24, 2.45) is 7.05 Å². The molecule has 2 heterocycles. The quantitative estimate of drug-likeness (QED) is 0.758. The van der Waals surface area contributed by atoms with Crippen LogP contribution in [0, 0.1) is 12.3 Å². The first kappa shape index (κ1) is 14.5. The Bertz CT molecular complexity index is 982. The van der Waals surface area contributed by atoms with E-state index in [9.17, 15) is 5.11 Å². The van der Waals surface area contributed by atoms with Crippen molar-refractivity contribution in [3.63, 3.8) is 0 Å². The van der Waals surface area contributed by atoms with Gasteiger partial charge in [0.2, 0.25) is 0 Å². The Kier molecular flexibility index (Phi) is 3.16.